The second-order valence-electron chi connectivity index (χ2n) is 5.64. The van der Waals surface area contributed by atoms with Crippen LogP contribution in [0.2, 0.25) is 0 Å². The highest BCUT2D eigenvalue weighted by Crippen LogP contribution is 2.22. The molecule has 0 aromatic heterocycles. The van der Waals surface area contributed by atoms with Gasteiger partial charge in [-0.2, -0.15) is 0 Å². The first-order valence-electron chi connectivity index (χ1n) is 7.35. The molecule has 1 aliphatic heterocycles. The number of amides is 1. The first-order chi connectivity index (χ1) is 10.1. The smallest absolute Gasteiger partial charge is 0.255 e. The van der Waals surface area contributed by atoms with Gasteiger partial charge in [0.2, 0.25) is 0 Å². The minimum Gasteiger partial charge on any atom is -0.322 e. The minimum atomic E-state index is -0.0116. The lowest BCUT2D eigenvalue weighted by Crippen LogP contribution is -2.26. The topological polar surface area (TPSA) is 41.1 Å². The second kappa shape index (κ2) is 5.70. The van der Waals surface area contributed by atoms with Crippen LogP contribution in [0.3, 0.4) is 0 Å². The lowest BCUT2D eigenvalue weighted by atomic mass is 9.95. The van der Waals surface area contributed by atoms with Gasteiger partial charge in [0.05, 0.1) is 0 Å². The highest BCUT2D eigenvalue weighted by molar-refractivity contribution is 6.06. The maximum absolute atomic E-state index is 12.6. The Morgan fingerprint density at radius 2 is 2.05 bits per heavy atom. The van der Waals surface area contributed by atoms with Gasteiger partial charge in [0.15, 0.2) is 0 Å². The molecule has 0 bridgehead atoms. The zero-order valence-electron chi connectivity index (χ0n) is 12.5. The van der Waals surface area contributed by atoms with Gasteiger partial charge in [0.25, 0.3) is 5.91 Å². The van der Waals surface area contributed by atoms with Gasteiger partial charge in [-0.05, 0) is 61.2 Å². The van der Waals surface area contributed by atoms with Crippen LogP contribution in [-0.4, -0.2) is 12.5 Å². The number of carbonyl (C=O) groups is 1. The normalized spacial score (nSPS) is 13.6. The molecule has 2 N–H and O–H groups in total. The number of aryl methyl sites for hydroxylation is 2. The van der Waals surface area contributed by atoms with Gasteiger partial charge in [0, 0.05) is 17.8 Å². The minimum absolute atomic E-state index is 0.0116. The van der Waals surface area contributed by atoms with Gasteiger partial charge < -0.3 is 10.6 Å². The number of hydrogen-bond acceptors (Lipinski definition) is 2. The Kier molecular flexibility index (Phi) is 3.76. The van der Waals surface area contributed by atoms with E-state index in [2.05, 4.69) is 22.8 Å². The molecule has 0 fully saturated rings. The van der Waals surface area contributed by atoms with Gasteiger partial charge in [-0.15, -0.1) is 0 Å². The van der Waals surface area contributed by atoms with Crippen LogP contribution in [0.4, 0.5) is 5.69 Å². The van der Waals surface area contributed by atoms with E-state index < -0.39 is 0 Å². The largest absolute Gasteiger partial charge is 0.322 e. The molecule has 3 heteroatoms. The summed E-state index contributed by atoms with van der Waals surface area (Å²) in [5.74, 6) is -0.0116. The van der Waals surface area contributed by atoms with Crippen LogP contribution in [0.5, 0.6) is 0 Å². The third kappa shape index (κ3) is 2.83. The maximum Gasteiger partial charge on any atom is 0.255 e. The zero-order chi connectivity index (χ0) is 14.8. The molecule has 21 heavy (non-hydrogen) atoms. The van der Waals surface area contributed by atoms with E-state index in [-0.39, 0.29) is 5.91 Å². The van der Waals surface area contributed by atoms with Crippen LogP contribution in [0.1, 0.15) is 32.6 Å². The number of carbonyl (C=O) groups excluding carboxylic acids is 1. The fourth-order valence-electron chi connectivity index (χ4n) is 2.80. The first kappa shape index (κ1) is 13.8. The Morgan fingerprint density at radius 1 is 1.19 bits per heavy atom. The van der Waals surface area contributed by atoms with Crippen LogP contribution >= 0.6 is 0 Å². The van der Waals surface area contributed by atoms with E-state index >= 15 is 0 Å². The molecule has 3 rings (SSSR count). The molecule has 0 spiro atoms. The van der Waals surface area contributed by atoms with Crippen molar-refractivity contribution in [3.8, 4) is 0 Å². The molecular weight excluding hydrogens is 260 g/mol. The number of benzene rings is 2. The van der Waals surface area contributed by atoms with Gasteiger partial charge in [-0.25, -0.2) is 0 Å². The molecule has 1 aliphatic rings. The SMILES string of the molecule is Cc1ccc(C)c(NC(=O)c2cccc3c2CCNC3)c1. The number of hydrogen-bond donors (Lipinski definition) is 2. The fraction of sp³-hybridized carbons (Fsp3) is 0.278. The summed E-state index contributed by atoms with van der Waals surface area (Å²) in [6.07, 6.45) is 0.908. The molecule has 0 radical (unpaired) electrons. The molecule has 1 heterocycles. The predicted octanol–water partition coefficient (Wildman–Crippen LogP) is 3.20. The van der Waals surface area contributed by atoms with Gasteiger partial charge >= 0.3 is 0 Å². The molecular formula is C18H20N2O. The summed E-state index contributed by atoms with van der Waals surface area (Å²) in [5, 5.41) is 6.40. The van der Waals surface area contributed by atoms with Gasteiger partial charge in [-0.3, -0.25) is 4.79 Å². The van der Waals surface area contributed by atoms with Crippen molar-refractivity contribution in [3.05, 3.63) is 64.2 Å². The predicted molar refractivity (Wildman–Crippen MR) is 85.7 cm³/mol. The van der Waals surface area contributed by atoms with Crippen molar-refractivity contribution in [2.24, 2.45) is 0 Å². The van der Waals surface area contributed by atoms with Crippen LogP contribution in [-0.2, 0) is 13.0 Å². The summed E-state index contributed by atoms with van der Waals surface area (Å²) in [4.78, 5) is 12.6. The van der Waals surface area contributed by atoms with Crippen molar-refractivity contribution in [1.82, 2.24) is 5.32 Å². The number of nitrogens with one attached hydrogen (secondary N) is 2. The van der Waals surface area contributed by atoms with E-state index in [1.165, 1.54) is 11.1 Å². The van der Waals surface area contributed by atoms with Gasteiger partial charge in [0.1, 0.15) is 0 Å². The Bertz CT molecular complexity index is 692. The molecule has 0 aliphatic carbocycles. The van der Waals surface area contributed by atoms with Crippen LogP contribution < -0.4 is 10.6 Å². The first-order valence-corrected chi connectivity index (χ1v) is 7.35. The summed E-state index contributed by atoms with van der Waals surface area (Å²) < 4.78 is 0. The lowest BCUT2D eigenvalue weighted by Gasteiger charge is -2.20. The van der Waals surface area contributed by atoms with Crippen LogP contribution in [0.25, 0.3) is 0 Å². The molecule has 0 saturated carbocycles. The standard InChI is InChI=1S/C18H20N2O/c1-12-6-7-13(2)17(10-12)20-18(21)16-5-3-4-14-11-19-9-8-15(14)16/h3-7,10,19H,8-9,11H2,1-2H3,(H,20,21). The summed E-state index contributed by atoms with van der Waals surface area (Å²) in [6.45, 7) is 5.82. The monoisotopic (exact) mass is 280 g/mol. The summed E-state index contributed by atoms with van der Waals surface area (Å²) in [6, 6.07) is 12.1. The Morgan fingerprint density at radius 3 is 2.90 bits per heavy atom. The number of rotatable bonds is 2. The second-order valence-corrected chi connectivity index (χ2v) is 5.64. The Hall–Kier alpha value is -2.13. The summed E-state index contributed by atoms with van der Waals surface area (Å²) in [5.41, 5.74) is 6.34. The van der Waals surface area contributed by atoms with E-state index in [4.69, 9.17) is 0 Å². The van der Waals surface area contributed by atoms with Crippen molar-refractivity contribution in [3.63, 3.8) is 0 Å². The third-order valence-corrected chi connectivity index (χ3v) is 4.03. The average molecular weight is 280 g/mol. The molecule has 108 valence electrons. The number of fused-ring (bicyclic) bond motifs is 1. The van der Waals surface area contributed by atoms with Crippen molar-refractivity contribution in [1.29, 1.82) is 0 Å². The molecule has 2 aromatic carbocycles. The van der Waals surface area contributed by atoms with Crippen molar-refractivity contribution in [2.45, 2.75) is 26.8 Å². The van der Waals surface area contributed by atoms with Crippen molar-refractivity contribution < 1.29 is 4.79 Å². The van der Waals surface area contributed by atoms with E-state index in [0.29, 0.717) is 0 Å². The third-order valence-electron chi connectivity index (χ3n) is 4.03. The molecule has 1 amide bonds. The van der Waals surface area contributed by atoms with Crippen molar-refractivity contribution >= 4 is 11.6 Å². The molecule has 3 nitrogen and oxygen atoms in total. The van der Waals surface area contributed by atoms with E-state index in [9.17, 15) is 4.79 Å². The molecule has 2 aromatic rings. The summed E-state index contributed by atoms with van der Waals surface area (Å²) >= 11 is 0. The molecule has 0 unspecified atom stereocenters. The van der Waals surface area contributed by atoms with E-state index in [1.54, 1.807) is 0 Å². The maximum atomic E-state index is 12.6. The van der Waals surface area contributed by atoms with Crippen molar-refractivity contribution in [2.75, 3.05) is 11.9 Å². The quantitative estimate of drug-likeness (QED) is 0.887. The lowest BCUT2D eigenvalue weighted by molar-refractivity contribution is 0.102. The average Bonchev–Trinajstić information content (AvgIpc) is 2.50. The Labute approximate surface area is 125 Å². The van der Waals surface area contributed by atoms with Crippen LogP contribution in [0, 0.1) is 13.8 Å². The molecule has 0 atom stereocenters. The van der Waals surface area contributed by atoms with E-state index in [0.717, 1.165) is 41.9 Å². The summed E-state index contributed by atoms with van der Waals surface area (Å²) in [7, 11) is 0. The number of anilines is 1. The Balaban J connectivity index is 1.91. The highest BCUT2D eigenvalue weighted by Gasteiger charge is 2.17. The highest BCUT2D eigenvalue weighted by atomic mass is 16.1. The van der Waals surface area contributed by atoms with E-state index in [1.807, 2.05) is 38.1 Å². The van der Waals surface area contributed by atoms with Gasteiger partial charge in [-0.1, -0.05) is 24.3 Å². The molecule has 0 saturated heterocycles. The zero-order valence-corrected chi connectivity index (χ0v) is 12.5. The van der Waals surface area contributed by atoms with Crippen LogP contribution in [0.15, 0.2) is 36.4 Å². The fourth-order valence-corrected chi connectivity index (χ4v) is 2.80.